The van der Waals surface area contributed by atoms with Gasteiger partial charge in [0, 0.05) is 19.4 Å². The van der Waals surface area contributed by atoms with Gasteiger partial charge < -0.3 is 16.4 Å². The van der Waals surface area contributed by atoms with Gasteiger partial charge in [0.2, 0.25) is 11.8 Å². The van der Waals surface area contributed by atoms with Gasteiger partial charge in [0.1, 0.15) is 0 Å². The van der Waals surface area contributed by atoms with E-state index in [2.05, 4.69) is 10.6 Å². The maximum Gasteiger partial charge on any atom is 0.220 e. The van der Waals surface area contributed by atoms with Crippen LogP contribution in [0.2, 0.25) is 0 Å². The van der Waals surface area contributed by atoms with Crippen molar-refractivity contribution >= 4 is 11.8 Å². The molecule has 0 heterocycles. The van der Waals surface area contributed by atoms with E-state index in [1.165, 1.54) is 0 Å². The summed E-state index contributed by atoms with van der Waals surface area (Å²) < 4.78 is 0. The predicted octanol–water partition coefficient (Wildman–Crippen LogP) is -0.242. The van der Waals surface area contributed by atoms with Crippen LogP contribution in [-0.2, 0) is 9.59 Å². The zero-order valence-corrected chi connectivity index (χ0v) is 9.34. The number of rotatable bonds is 9. The summed E-state index contributed by atoms with van der Waals surface area (Å²) in [6.45, 7) is 1.49. The topological polar surface area (TPSA) is 84.2 Å². The lowest BCUT2D eigenvalue weighted by Crippen LogP contribution is -2.25. The van der Waals surface area contributed by atoms with E-state index in [4.69, 9.17) is 5.73 Å². The first-order valence-corrected chi connectivity index (χ1v) is 5.36. The molecule has 0 aliphatic carbocycles. The van der Waals surface area contributed by atoms with Crippen molar-refractivity contribution in [3.63, 3.8) is 0 Å². The summed E-state index contributed by atoms with van der Waals surface area (Å²) in [4.78, 5) is 21.6. The molecule has 15 heavy (non-hydrogen) atoms. The quantitative estimate of drug-likeness (QED) is 0.464. The number of nitrogens with two attached hydrogens (primary N) is 1. The second-order valence-electron chi connectivity index (χ2n) is 3.48. The lowest BCUT2D eigenvalue weighted by Gasteiger charge is -2.04. The van der Waals surface area contributed by atoms with Crippen molar-refractivity contribution in [2.45, 2.75) is 32.1 Å². The number of nitrogens with one attached hydrogen (secondary N) is 2. The van der Waals surface area contributed by atoms with E-state index < -0.39 is 0 Å². The number of unbranched alkanes of at least 4 members (excludes halogenated alkanes) is 1. The van der Waals surface area contributed by atoms with Crippen LogP contribution >= 0.6 is 0 Å². The van der Waals surface area contributed by atoms with E-state index in [0.29, 0.717) is 19.4 Å². The number of primary amides is 1. The van der Waals surface area contributed by atoms with Crippen LogP contribution in [0.5, 0.6) is 0 Å². The summed E-state index contributed by atoms with van der Waals surface area (Å²) in [5.74, 6) is -0.209. The molecule has 0 saturated heterocycles. The van der Waals surface area contributed by atoms with Crippen molar-refractivity contribution in [2.75, 3.05) is 20.1 Å². The Morgan fingerprint density at radius 1 is 1.07 bits per heavy atom. The van der Waals surface area contributed by atoms with Crippen LogP contribution in [0.25, 0.3) is 0 Å². The number of amides is 2. The first-order chi connectivity index (χ1) is 7.16. The van der Waals surface area contributed by atoms with Crippen molar-refractivity contribution in [3.8, 4) is 0 Å². The van der Waals surface area contributed by atoms with E-state index in [1.807, 2.05) is 7.05 Å². The number of hydrogen-bond acceptors (Lipinski definition) is 3. The highest BCUT2D eigenvalue weighted by Crippen LogP contribution is 1.93. The molecule has 2 amide bonds. The second-order valence-corrected chi connectivity index (χ2v) is 3.48. The summed E-state index contributed by atoms with van der Waals surface area (Å²) >= 11 is 0. The Balaban J connectivity index is 3.20. The van der Waals surface area contributed by atoms with Gasteiger partial charge in [0.05, 0.1) is 0 Å². The number of hydrogen-bond donors (Lipinski definition) is 3. The molecule has 0 spiro atoms. The van der Waals surface area contributed by atoms with Gasteiger partial charge in [-0.3, -0.25) is 9.59 Å². The summed E-state index contributed by atoms with van der Waals surface area (Å²) in [6, 6.07) is 0. The van der Waals surface area contributed by atoms with Gasteiger partial charge in [-0.05, 0) is 32.9 Å². The Hall–Kier alpha value is -1.10. The Bertz CT molecular complexity index is 195. The molecule has 0 aliphatic heterocycles. The first-order valence-electron chi connectivity index (χ1n) is 5.36. The standard InChI is InChI=1S/C10H21N3O2/c1-12-7-4-6-10(15)13-8-3-2-5-9(11)14/h12H,2-8H2,1H3,(H2,11,14)(H,13,15). The Morgan fingerprint density at radius 2 is 1.80 bits per heavy atom. The summed E-state index contributed by atoms with van der Waals surface area (Å²) in [5, 5.41) is 5.78. The Kier molecular flexibility index (Phi) is 8.76. The van der Waals surface area contributed by atoms with Gasteiger partial charge in [-0.2, -0.15) is 0 Å². The molecule has 0 aromatic heterocycles. The van der Waals surface area contributed by atoms with Crippen molar-refractivity contribution in [2.24, 2.45) is 5.73 Å². The largest absolute Gasteiger partial charge is 0.370 e. The molecule has 0 fully saturated rings. The molecule has 0 radical (unpaired) electrons. The smallest absolute Gasteiger partial charge is 0.220 e. The first kappa shape index (κ1) is 13.9. The number of carbonyl (C=O) groups excluding carboxylic acids is 2. The third-order valence-corrected chi connectivity index (χ3v) is 2.00. The van der Waals surface area contributed by atoms with E-state index in [1.54, 1.807) is 0 Å². The molecule has 0 aromatic rings. The van der Waals surface area contributed by atoms with Gasteiger partial charge in [-0.15, -0.1) is 0 Å². The van der Waals surface area contributed by atoms with Crippen molar-refractivity contribution in [1.82, 2.24) is 10.6 Å². The monoisotopic (exact) mass is 215 g/mol. The molecule has 0 saturated carbocycles. The molecule has 4 N–H and O–H groups in total. The fourth-order valence-electron chi connectivity index (χ4n) is 1.17. The lowest BCUT2D eigenvalue weighted by molar-refractivity contribution is -0.121. The SMILES string of the molecule is CNCCCC(=O)NCCCCC(N)=O. The van der Waals surface area contributed by atoms with E-state index >= 15 is 0 Å². The fraction of sp³-hybridized carbons (Fsp3) is 0.800. The maximum absolute atomic E-state index is 11.2. The third-order valence-electron chi connectivity index (χ3n) is 2.00. The predicted molar refractivity (Wildman–Crippen MR) is 59.2 cm³/mol. The number of carbonyl (C=O) groups is 2. The van der Waals surface area contributed by atoms with Crippen LogP contribution in [0.4, 0.5) is 0 Å². The van der Waals surface area contributed by atoms with Gasteiger partial charge in [-0.25, -0.2) is 0 Å². The maximum atomic E-state index is 11.2. The average molecular weight is 215 g/mol. The van der Waals surface area contributed by atoms with Crippen LogP contribution in [0.15, 0.2) is 0 Å². The van der Waals surface area contributed by atoms with Gasteiger partial charge in [0.25, 0.3) is 0 Å². The van der Waals surface area contributed by atoms with E-state index in [0.717, 1.165) is 25.8 Å². The molecule has 5 nitrogen and oxygen atoms in total. The third kappa shape index (κ3) is 10.8. The summed E-state index contributed by atoms with van der Waals surface area (Å²) in [6.07, 6.45) is 3.35. The normalized spacial score (nSPS) is 9.93. The molecule has 0 aliphatic rings. The summed E-state index contributed by atoms with van der Waals surface area (Å²) in [7, 11) is 1.86. The highest BCUT2D eigenvalue weighted by atomic mass is 16.1. The van der Waals surface area contributed by atoms with Crippen LogP contribution < -0.4 is 16.4 Å². The van der Waals surface area contributed by atoms with Crippen molar-refractivity contribution in [3.05, 3.63) is 0 Å². The van der Waals surface area contributed by atoms with Crippen LogP contribution in [-0.4, -0.2) is 32.0 Å². The molecule has 88 valence electrons. The molecule has 0 aromatic carbocycles. The molecular weight excluding hydrogens is 194 g/mol. The molecule has 5 heteroatoms. The van der Waals surface area contributed by atoms with Gasteiger partial charge >= 0.3 is 0 Å². The zero-order valence-electron chi connectivity index (χ0n) is 9.34. The molecule has 0 bridgehead atoms. The van der Waals surface area contributed by atoms with Crippen LogP contribution in [0.1, 0.15) is 32.1 Å². The average Bonchev–Trinajstić information content (AvgIpc) is 2.17. The molecular formula is C10H21N3O2. The van der Waals surface area contributed by atoms with E-state index in [-0.39, 0.29) is 11.8 Å². The van der Waals surface area contributed by atoms with Crippen molar-refractivity contribution < 1.29 is 9.59 Å². The lowest BCUT2D eigenvalue weighted by atomic mass is 10.2. The highest BCUT2D eigenvalue weighted by Gasteiger charge is 1.99. The molecule has 0 atom stereocenters. The van der Waals surface area contributed by atoms with Crippen LogP contribution in [0.3, 0.4) is 0 Å². The summed E-state index contributed by atoms with van der Waals surface area (Å²) in [5.41, 5.74) is 4.98. The van der Waals surface area contributed by atoms with Gasteiger partial charge in [0.15, 0.2) is 0 Å². The highest BCUT2D eigenvalue weighted by molar-refractivity contribution is 5.75. The fourth-order valence-corrected chi connectivity index (χ4v) is 1.17. The zero-order chi connectivity index (χ0) is 11.5. The minimum atomic E-state index is -0.282. The van der Waals surface area contributed by atoms with Gasteiger partial charge in [-0.1, -0.05) is 0 Å². The molecule has 0 unspecified atom stereocenters. The second kappa shape index (κ2) is 9.45. The van der Waals surface area contributed by atoms with Crippen molar-refractivity contribution in [1.29, 1.82) is 0 Å². The Morgan fingerprint density at radius 3 is 2.40 bits per heavy atom. The van der Waals surface area contributed by atoms with E-state index in [9.17, 15) is 9.59 Å². The minimum absolute atomic E-state index is 0.0734. The Labute approximate surface area is 90.8 Å². The minimum Gasteiger partial charge on any atom is -0.370 e. The molecule has 0 rings (SSSR count). The van der Waals surface area contributed by atoms with Crippen LogP contribution in [0, 0.1) is 0 Å².